The number of fused-ring (bicyclic) bond motifs is 1. The maximum Gasteiger partial charge on any atom is 0.0857 e. The molecule has 0 saturated heterocycles. The Bertz CT molecular complexity index is 695. The molecule has 2 heterocycles. The average molecular weight is 255 g/mol. The zero-order valence-corrected chi connectivity index (χ0v) is 11.2. The lowest BCUT2D eigenvalue weighted by Gasteiger charge is -2.00. The topological polar surface area (TPSA) is 47.7 Å². The second-order valence-electron chi connectivity index (χ2n) is 4.63. The van der Waals surface area contributed by atoms with Gasteiger partial charge >= 0.3 is 0 Å². The molecule has 1 N–H and O–H groups in total. The number of rotatable bonds is 4. The fourth-order valence-corrected chi connectivity index (χ4v) is 2.32. The van der Waals surface area contributed by atoms with Crippen molar-refractivity contribution in [2.24, 2.45) is 7.05 Å². The van der Waals surface area contributed by atoms with Crippen molar-refractivity contribution < 1.29 is 0 Å². The van der Waals surface area contributed by atoms with Crippen molar-refractivity contribution in [2.75, 3.05) is 7.05 Å². The van der Waals surface area contributed by atoms with Gasteiger partial charge in [0.05, 0.1) is 23.4 Å². The second kappa shape index (κ2) is 4.85. The Morgan fingerprint density at radius 2 is 2.00 bits per heavy atom. The lowest BCUT2D eigenvalue weighted by atomic mass is 10.2. The van der Waals surface area contributed by atoms with Crippen molar-refractivity contribution in [3.8, 4) is 0 Å². The minimum absolute atomic E-state index is 0.699. The highest BCUT2D eigenvalue weighted by molar-refractivity contribution is 5.81. The summed E-state index contributed by atoms with van der Waals surface area (Å²) < 4.78 is 3.83. The molecule has 0 atom stereocenters. The number of hydrogen-bond acceptors (Lipinski definition) is 3. The highest BCUT2D eigenvalue weighted by Crippen LogP contribution is 2.19. The van der Waals surface area contributed by atoms with E-state index >= 15 is 0 Å². The van der Waals surface area contributed by atoms with Gasteiger partial charge in [0.25, 0.3) is 0 Å². The third-order valence-electron chi connectivity index (χ3n) is 3.16. The molecule has 2 aromatic heterocycles. The molecule has 0 radical (unpaired) electrons. The number of nitrogens with one attached hydrogen (secondary N) is 1. The van der Waals surface area contributed by atoms with E-state index < -0.39 is 0 Å². The molecule has 5 heteroatoms. The summed E-state index contributed by atoms with van der Waals surface area (Å²) in [6.07, 6.45) is 1.95. The van der Waals surface area contributed by atoms with E-state index in [1.54, 1.807) is 0 Å². The largest absolute Gasteiger partial charge is 0.314 e. The van der Waals surface area contributed by atoms with E-state index in [-0.39, 0.29) is 0 Å². The van der Waals surface area contributed by atoms with Crippen LogP contribution in [0.5, 0.6) is 0 Å². The van der Waals surface area contributed by atoms with Gasteiger partial charge in [0.2, 0.25) is 0 Å². The summed E-state index contributed by atoms with van der Waals surface area (Å²) in [6.45, 7) is 1.47. The van der Waals surface area contributed by atoms with E-state index in [1.807, 2.05) is 47.9 Å². The van der Waals surface area contributed by atoms with Crippen molar-refractivity contribution >= 4 is 10.9 Å². The summed E-state index contributed by atoms with van der Waals surface area (Å²) >= 11 is 0. The highest BCUT2D eigenvalue weighted by atomic mass is 15.3. The van der Waals surface area contributed by atoms with E-state index in [0.29, 0.717) is 6.54 Å². The molecule has 0 fully saturated rings. The van der Waals surface area contributed by atoms with Gasteiger partial charge in [-0.3, -0.25) is 9.36 Å². The van der Waals surface area contributed by atoms with Crippen LogP contribution in [-0.2, 0) is 20.1 Å². The maximum atomic E-state index is 4.69. The van der Waals surface area contributed by atoms with Crippen LogP contribution in [0.1, 0.15) is 11.4 Å². The first-order valence-electron chi connectivity index (χ1n) is 6.35. The van der Waals surface area contributed by atoms with Gasteiger partial charge in [-0.2, -0.15) is 10.2 Å². The molecule has 0 bridgehead atoms. The molecule has 5 nitrogen and oxygen atoms in total. The third-order valence-corrected chi connectivity index (χ3v) is 3.16. The van der Waals surface area contributed by atoms with Crippen LogP contribution < -0.4 is 5.32 Å². The number of hydrogen-bond donors (Lipinski definition) is 1. The van der Waals surface area contributed by atoms with Crippen LogP contribution in [-0.4, -0.2) is 26.6 Å². The number of nitrogens with zero attached hydrogens (tertiary/aromatic N) is 4. The SMILES string of the molecule is CNCc1nn(Cc2ccn(C)n2)c2ccccc12. The van der Waals surface area contributed by atoms with Crippen LogP contribution in [0.2, 0.25) is 0 Å². The van der Waals surface area contributed by atoms with Crippen LogP contribution in [0.25, 0.3) is 10.9 Å². The van der Waals surface area contributed by atoms with Crippen LogP contribution in [0.15, 0.2) is 36.5 Å². The predicted molar refractivity (Wildman–Crippen MR) is 74.8 cm³/mol. The van der Waals surface area contributed by atoms with Crippen molar-refractivity contribution in [1.29, 1.82) is 0 Å². The maximum absolute atomic E-state index is 4.69. The van der Waals surface area contributed by atoms with E-state index in [0.717, 1.165) is 23.4 Å². The molecular weight excluding hydrogens is 238 g/mol. The lowest BCUT2D eigenvalue weighted by molar-refractivity contribution is 0.648. The van der Waals surface area contributed by atoms with Gasteiger partial charge in [0, 0.05) is 25.2 Å². The van der Waals surface area contributed by atoms with Crippen LogP contribution in [0.3, 0.4) is 0 Å². The summed E-state index contributed by atoms with van der Waals surface area (Å²) in [5, 5.41) is 13.5. The monoisotopic (exact) mass is 255 g/mol. The van der Waals surface area contributed by atoms with Gasteiger partial charge in [0.15, 0.2) is 0 Å². The molecular formula is C14H17N5. The van der Waals surface area contributed by atoms with Gasteiger partial charge in [-0.05, 0) is 19.2 Å². The molecule has 0 saturated carbocycles. The summed E-state index contributed by atoms with van der Waals surface area (Å²) in [5.74, 6) is 0. The molecule has 0 amide bonds. The van der Waals surface area contributed by atoms with E-state index in [9.17, 15) is 0 Å². The quantitative estimate of drug-likeness (QED) is 0.769. The Morgan fingerprint density at radius 1 is 1.16 bits per heavy atom. The zero-order chi connectivity index (χ0) is 13.2. The van der Waals surface area contributed by atoms with E-state index in [1.165, 1.54) is 5.39 Å². The molecule has 98 valence electrons. The highest BCUT2D eigenvalue weighted by Gasteiger charge is 2.10. The van der Waals surface area contributed by atoms with Crippen LogP contribution >= 0.6 is 0 Å². The average Bonchev–Trinajstić information content (AvgIpc) is 2.97. The molecule has 0 aliphatic heterocycles. The molecule has 1 aromatic carbocycles. The first kappa shape index (κ1) is 11.9. The van der Waals surface area contributed by atoms with E-state index in [2.05, 4.69) is 27.6 Å². The van der Waals surface area contributed by atoms with Crippen molar-refractivity contribution in [3.63, 3.8) is 0 Å². The number of aryl methyl sites for hydroxylation is 1. The van der Waals surface area contributed by atoms with Gasteiger partial charge in [-0.15, -0.1) is 0 Å². The predicted octanol–water partition coefficient (Wildman–Crippen LogP) is 1.54. The number of benzene rings is 1. The Hall–Kier alpha value is -2.14. The fourth-order valence-electron chi connectivity index (χ4n) is 2.32. The fraction of sp³-hybridized carbons (Fsp3) is 0.286. The first-order chi connectivity index (χ1) is 9.28. The molecule has 0 unspecified atom stereocenters. The first-order valence-corrected chi connectivity index (χ1v) is 6.35. The van der Waals surface area contributed by atoms with Crippen molar-refractivity contribution in [3.05, 3.63) is 47.9 Å². The summed E-state index contributed by atoms with van der Waals surface area (Å²) in [5.41, 5.74) is 3.25. The number of para-hydroxylation sites is 1. The van der Waals surface area contributed by atoms with Crippen molar-refractivity contribution in [1.82, 2.24) is 24.9 Å². The minimum Gasteiger partial charge on any atom is -0.314 e. The molecule has 19 heavy (non-hydrogen) atoms. The molecule has 3 aromatic rings. The summed E-state index contributed by atoms with van der Waals surface area (Å²) in [4.78, 5) is 0. The Balaban J connectivity index is 2.03. The Labute approximate surface area is 111 Å². The van der Waals surface area contributed by atoms with Gasteiger partial charge in [0.1, 0.15) is 0 Å². The van der Waals surface area contributed by atoms with Crippen molar-refractivity contribution in [2.45, 2.75) is 13.1 Å². The second-order valence-corrected chi connectivity index (χ2v) is 4.63. The summed E-state index contributed by atoms with van der Waals surface area (Å²) in [6, 6.07) is 10.3. The van der Waals surface area contributed by atoms with Gasteiger partial charge in [-0.25, -0.2) is 0 Å². The van der Waals surface area contributed by atoms with E-state index in [4.69, 9.17) is 0 Å². The van der Waals surface area contributed by atoms with Gasteiger partial charge < -0.3 is 5.32 Å². The van der Waals surface area contributed by atoms with Gasteiger partial charge in [-0.1, -0.05) is 18.2 Å². The third kappa shape index (κ3) is 2.24. The Morgan fingerprint density at radius 3 is 2.74 bits per heavy atom. The summed E-state index contributed by atoms with van der Waals surface area (Å²) in [7, 11) is 3.86. The molecule has 0 spiro atoms. The Kier molecular flexibility index (Phi) is 3.05. The molecule has 3 rings (SSSR count). The molecule has 0 aliphatic rings. The number of aromatic nitrogens is 4. The minimum atomic E-state index is 0.699. The molecule has 0 aliphatic carbocycles. The standard InChI is InChI=1S/C14H17N5/c1-15-9-13-12-5-3-4-6-14(12)19(17-13)10-11-7-8-18(2)16-11/h3-8,15H,9-10H2,1-2H3. The smallest absolute Gasteiger partial charge is 0.0857 e. The van der Waals surface area contributed by atoms with Crippen LogP contribution in [0.4, 0.5) is 0 Å². The van der Waals surface area contributed by atoms with Crippen LogP contribution in [0, 0.1) is 0 Å². The normalized spacial score (nSPS) is 11.3. The zero-order valence-electron chi connectivity index (χ0n) is 11.2. The lowest BCUT2D eigenvalue weighted by Crippen LogP contribution is -2.08.